The minimum Gasteiger partial charge on any atom is -0.465 e. The Bertz CT molecular complexity index is 716. The Labute approximate surface area is 150 Å². The van der Waals surface area contributed by atoms with Gasteiger partial charge >= 0.3 is 5.97 Å². The van der Waals surface area contributed by atoms with E-state index in [0.717, 1.165) is 11.1 Å². The Balaban J connectivity index is 1.78. The van der Waals surface area contributed by atoms with Crippen LogP contribution in [0.1, 0.15) is 28.4 Å². The summed E-state index contributed by atoms with van der Waals surface area (Å²) in [6.07, 6.45) is 0. The average molecular weight is 361 g/mol. The number of hydrogen-bond donors (Lipinski definition) is 1. The number of rotatable bonds is 7. The predicted octanol–water partition coefficient (Wildman–Crippen LogP) is 3.55. The van der Waals surface area contributed by atoms with Crippen LogP contribution < -0.4 is 5.32 Å². The van der Waals surface area contributed by atoms with Crippen molar-refractivity contribution in [3.05, 3.63) is 71.0 Å². The monoisotopic (exact) mass is 361 g/mol. The third-order valence-electron chi connectivity index (χ3n) is 3.62. The Morgan fingerprint density at radius 2 is 1.68 bits per heavy atom. The summed E-state index contributed by atoms with van der Waals surface area (Å²) in [5.74, 6) is -0.0717. The summed E-state index contributed by atoms with van der Waals surface area (Å²) in [5, 5.41) is 2.62. The first-order chi connectivity index (χ1) is 12.0. The van der Waals surface area contributed by atoms with E-state index in [4.69, 9.17) is 0 Å². The summed E-state index contributed by atoms with van der Waals surface area (Å²) in [7, 11) is 1.35. The molecule has 2 aromatic carbocycles. The Hall–Kier alpha value is -2.34. The molecule has 0 aliphatic carbocycles. The molecule has 2 rings (SSSR count). The summed E-state index contributed by atoms with van der Waals surface area (Å²) < 4.78 is 17.5. The van der Waals surface area contributed by atoms with Gasteiger partial charge in [-0.2, -0.15) is 0 Å². The first kappa shape index (κ1) is 19.0. The number of ether oxygens (including phenoxy) is 1. The SMILES string of the molecule is COC(=O)c1ccc(CS[C@H](C)C(=O)NCc2ccc(F)cc2)cc1. The van der Waals surface area contributed by atoms with Gasteiger partial charge in [0, 0.05) is 12.3 Å². The van der Waals surface area contributed by atoms with E-state index in [1.165, 1.54) is 31.0 Å². The second-order valence-electron chi connectivity index (χ2n) is 5.49. The highest BCUT2D eigenvalue weighted by Gasteiger charge is 2.13. The molecule has 0 bridgehead atoms. The molecular formula is C19H20FNO3S. The summed E-state index contributed by atoms with van der Waals surface area (Å²) in [5.41, 5.74) is 2.38. The van der Waals surface area contributed by atoms with Crippen LogP contribution in [0.15, 0.2) is 48.5 Å². The van der Waals surface area contributed by atoms with Crippen LogP contribution in [-0.4, -0.2) is 24.2 Å². The van der Waals surface area contributed by atoms with Gasteiger partial charge in [-0.15, -0.1) is 11.8 Å². The molecule has 0 radical (unpaired) electrons. The highest BCUT2D eigenvalue weighted by atomic mass is 32.2. The zero-order valence-electron chi connectivity index (χ0n) is 14.1. The zero-order chi connectivity index (χ0) is 18.2. The molecule has 25 heavy (non-hydrogen) atoms. The zero-order valence-corrected chi connectivity index (χ0v) is 14.9. The van der Waals surface area contributed by atoms with Gasteiger partial charge in [-0.1, -0.05) is 24.3 Å². The van der Waals surface area contributed by atoms with E-state index in [0.29, 0.717) is 17.9 Å². The van der Waals surface area contributed by atoms with E-state index >= 15 is 0 Å². The van der Waals surface area contributed by atoms with Crippen LogP contribution in [0.3, 0.4) is 0 Å². The van der Waals surface area contributed by atoms with Gasteiger partial charge < -0.3 is 10.1 Å². The molecule has 6 heteroatoms. The molecule has 0 aliphatic rings. The molecule has 0 aliphatic heterocycles. The number of esters is 1. The molecule has 0 saturated carbocycles. The van der Waals surface area contributed by atoms with E-state index in [9.17, 15) is 14.0 Å². The van der Waals surface area contributed by atoms with E-state index < -0.39 is 0 Å². The van der Waals surface area contributed by atoms with Crippen LogP contribution in [0.4, 0.5) is 4.39 Å². The van der Waals surface area contributed by atoms with Crippen molar-refractivity contribution in [2.75, 3.05) is 7.11 Å². The Morgan fingerprint density at radius 3 is 2.28 bits per heavy atom. The predicted molar refractivity (Wildman–Crippen MR) is 96.8 cm³/mol. The van der Waals surface area contributed by atoms with E-state index in [-0.39, 0.29) is 22.9 Å². The van der Waals surface area contributed by atoms with Crippen molar-refractivity contribution in [3.8, 4) is 0 Å². The van der Waals surface area contributed by atoms with E-state index in [2.05, 4.69) is 10.1 Å². The summed E-state index contributed by atoms with van der Waals surface area (Å²) >= 11 is 1.51. The van der Waals surface area contributed by atoms with Gasteiger partial charge in [-0.25, -0.2) is 9.18 Å². The van der Waals surface area contributed by atoms with Gasteiger partial charge in [0.25, 0.3) is 0 Å². The van der Waals surface area contributed by atoms with Crippen LogP contribution in [-0.2, 0) is 21.8 Å². The normalized spacial score (nSPS) is 11.6. The van der Waals surface area contributed by atoms with Crippen molar-refractivity contribution in [1.29, 1.82) is 0 Å². The Kier molecular flexibility index (Phi) is 7.01. The highest BCUT2D eigenvalue weighted by molar-refractivity contribution is 7.99. The minimum atomic E-state index is -0.368. The van der Waals surface area contributed by atoms with Gasteiger partial charge in [0.05, 0.1) is 17.9 Å². The number of benzene rings is 2. The van der Waals surface area contributed by atoms with Gasteiger partial charge in [0.2, 0.25) is 5.91 Å². The van der Waals surface area contributed by atoms with Crippen molar-refractivity contribution in [1.82, 2.24) is 5.32 Å². The summed E-state index contributed by atoms with van der Waals surface area (Å²) in [6, 6.07) is 13.2. The molecule has 4 nitrogen and oxygen atoms in total. The van der Waals surface area contributed by atoms with Crippen molar-refractivity contribution in [2.24, 2.45) is 0 Å². The van der Waals surface area contributed by atoms with E-state index in [1.54, 1.807) is 24.3 Å². The molecular weight excluding hydrogens is 341 g/mol. The number of hydrogen-bond acceptors (Lipinski definition) is 4. The van der Waals surface area contributed by atoms with Gasteiger partial charge in [-0.05, 0) is 42.3 Å². The molecule has 1 N–H and O–H groups in total. The smallest absolute Gasteiger partial charge is 0.337 e. The van der Waals surface area contributed by atoms with Gasteiger partial charge in [0.15, 0.2) is 0 Å². The number of carbonyl (C=O) groups excluding carboxylic acids is 2. The van der Waals surface area contributed by atoms with Gasteiger partial charge in [-0.3, -0.25) is 4.79 Å². The third kappa shape index (κ3) is 5.90. The fourth-order valence-electron chi connectivity index (χ4n) is 2.09. The number of halogens is 1. The highest BCUT2D eigenvalue weighted by Crippen LogP contribution is 2.18. The van der Waals surface area contributed by atoms with Crippen molar-refractivity contribution < 1.29 is 18.7 Å². The minimum absolute atomic E-state index is 0.0690. The fourth-order valence-corrected chi connectivity index (χ4v) is 2.96. The van der Waals surface area contributed by atoms with Crippen molar-refractivity contribution >= 4 is 23.6 Å². The summed E-state index contributed by atoms with van der Waals surface area (Å²) in [4.78, 5) is 23.5. The van der Waals surface area contributed by atoms with Crippen LogP contribution in [0.5, 0.6) is 0 Å². The molecule has 0 unspecified atom stereocenters. The molecule has 1 amide bonds. The number of thioether (sulfide) groups is 1. The molecule has 2 aromatic rings. The van der Waals surface area contributed by atoms with Crippen LogP contribution in [0.25, 0.3) is 0 Å². The maximum Gasteiger partial charge on any atom is 0.337 e. The molecule has 0 fully saturated rings. The second-order valence-corrected chi connectivity index (χ2v) is 6.82. The van der Waals surface area contributed by atoms with Crippen LogP contribution >= 0.6 is 11.8 Å². The fraction of sp³-hybridized carbons (Fsp3) is 0.263. The standard InChI is InChI=1S/C19H20FNO3S/c1-13(18(22)21-11-14-5-9-17(20)10-6-14)25-12-15-3-7-16(8-4-15)19(23)24-2/h3-10,13H,11-12H2,1-2H3,(H,21,22)/t13-/m1/s1. The lowest BCUT2D eigenvalue weighted by atomic mass is 10.1. The first-order valence-electron chi connectivity index (χ1n) is 7.80. The average Bonchev–Trinajstić information content (AvgIpc) is 2.65. The van der Waals surface area contributed by atoms with Crippen molar-refractivity contribution in [2.45, 2.75) is 24.5 Å². The first-order valence-corrected chi connectivity index (χ1v) is 8.85. The van der Waals surface area contributed by atoms with Crippen molar-refractivity contribution in [3.63, 3.8) is 0 Å². The largest absolute Gasteiger partial charge is 0.465 e. The third-order valence-corrected chi connectivity index (χ3v) is 4.84. The number of methoxy groups -OCH3 is 1. The molecule has 132 valence electrons. The topological polar surface area (TPSA) is 55.4 Å². The van der Waals surface area contributed by atoms with E-state index in [1.807, 2.05) is 19.1 Å². The number of amides is 1. The maximum atomic E-state index is 12.8. The van der Waals surface area contributed by atoms with Gasteiger partial charge in [0.1, 0.15) is 5.82 Å². The molecule has 1 atom stereocenters. The molecule has 0 heterocycles. The lowest BCUT2D eigenvalue weighted by Crippen LogP contribution is -2.30. The number of carbonyl (C=O) groups is 2. The lowest BCUT2D eigenvalue weighted by Gasteiger charge is -2.12. The quantitative estimate of drug-likeness (QED) is 0.767. The Morgan fingerprint density at radius 1 is 1.08 bits per heavy atom. The second kappa shape index (κ2) is 9.22. The lowest BCUT2D eigenvalue weighted by molar-refractivity contribution is -0.120. The molecule has 0 aromatic heterocycles. The van der Waals surface area contributed by atoms with Crippen LogP contribution in [0, 0.1) is 5.82 Å². The summed E-state index contributed by atoms with van der Waals surface area (Å²) in [6.45, 7) is 2.21. The number of nitrogens with one attached hydrogen (secondary N) is 1. The molecule has 0 saturated heterocycles. The maximum absolute atomic E-state index is 12.8. The molecule has 0 spiro atoms. The van der Waals surface area contributed by atoms with Crippen LogP contribution in [0.2, 0.25) is 0 Å².